The number of hydrogen-bond donors (Lipinski definition) is 0. The van der Waals surface area contributed by atoms with Crippen molar-refractivity contribution in [1.29, 1.82) is 0 Å². The lowest BCUT2D eigenvalue weighted by atomic mass is 10.0. The molecule has 1 aromatic heterocycles. The molecule has 0 amide bonds. The molecule has 0 radical (unpaired) electrons. The number of nitrogens with zero attached hydrogens (tertiary/aromatic N) is 3. The average Bonchev–Trinajstić information content (AvgIpc) is 3.04. The molecule has 1 atom stereocenters. The first-order valence-electron chi connectivity index (χ1n) is 8.00. The van der Waals surface area contributed by atoms with Crippen molar-refractivity contribution < 1.29 is 0 Å². The molecule has 118 valence electrons. The summed E-state index contributed by atoms with van der Waals surface area (Å²) in [4.78, 5) is 2.36. The molecule has 0 aliphatic rings. The van der Waals surface area contributed by atoms with Gasteiger partial charge in [-0.1, -0.05) is 42.5 Å². The fraction of sp³-hybridized carbons (Fsp3) is 0.250. The van der Waals surface area contributed by atoms with E-state index in [1.807, 2.05) is 29.1 Å². The van der Waals surface area contributed by atoms with Crippen molar-refractivity contribution in [2.45, 2.75) is 26.4 Å². The van der Waals surface area contributed by atoms with Crippen molar-refractivity contribution in [2.24, 2.45) is 0 Å². The zero-order valence-electron chi connectivity index (χ0n) is 14.0. The Morgan fingerprint density at radius 1 is 1.04 bits per heavy atom. The third-order valence-corrected chi connectivity index (χ3v) is 4.39. The van der Waals surface area contributed by atoms with Gasteiger partial charge in [0.25, 0.3) is 0 Å². The second kappa shape index (κ2) is 6.80. The Morgan fingerprint density at radius 3 is 2.48 bits per heavy atom. The Labute approximate surface area is 138 Å². The van der Waals surface area contributed by atoms with Crippen molar-refractivity contribution in [3.8, 4) is 5.69 Å². The first kappa shape index (κ1) is 15.5. The third kappa shape index (κ3) is 3.51. The van der Waals surface area contributed by atoms with Crippen molar-refractivity contribution >= 4 is 0 Å². The number of rotatable bonds is 5. The zero-order valence-corrected chi connectivity index (χ0v) is 14.0. The summed E-state index contributed by atoms with van der Waals surface area (Å²) in [5.74, 6) is 0. The van der Waals surface area contributed by atoms with Crippen LogP contribution < -0.4 is 0 Å². The molecule has 1 unspecified atom stereocenters. The van der Waals surface area contributed by atoms with Gasteiger partial charge in [0.2, 0.25) is 0 Å². The minimum Gasteiger partial charge on any atom is -0.295 e. The van der Waals surface area contributed by atoms with Gasteiger partial charge in [0.15, 0.2) is 0 Å². The van der Waals surface area contributed by atoms with Gasteiger partial charge in [-0.2, -0.15) is 5.10 Å². The van der Waals surface area contributed by atoms with E-state index in [2.05, 4.69) is 73.5 Å². The number of aryl methyl sites for hydroxylation is 1. The summed E-state index contributed by atoms with van der Waals surface area (Å²) in [6.45, 7) is 5.30. The number of para-hydroxylation sites is 1. The van der Waals surface area contributed by atoms with E-state index >= 15 is 0 Å². The Balaban J connectivity index is 1.72. The molecule has 0 aliphatic heterocycles. The summed E-state index contributed by atoms with van der Waals surface area (Å²) in [5, 5.41) is 4.48. The molecule has 2 aromatic carbocycles. The maximum atomic E-state index is 4.48. The fourth-order valence-corrected chi connectivity index (χ4v) is 2.88. The summed E-state index contributed by atoms with van der Waals surface area (Å²) >= 11 is 0. The van der Waals surface area contributed by atoms with Gasteiger partial charge in [0, 0.05) is 24.3 Å². The Hall–Kier alpha value is -2.39. The molecular weight excluding hydrogens is 282 g/mol. The molecule has 3 nitrogen and oxygen atoms in total. The smallest absolute Gasteiger partial charge is 0.0645 e. The predicted octanol–water partition coefficient (Wildman–Crippen LogP) is 4.37. The standard InChI is InChI=1S/C20H23N3/c1-16-9-7-8-12-20(16)17(2)22(3)14-18-13-21-23(15-18)19-10-5-4-6-11-19/h4-13,15,17H,14H2,1-3H3. The topological polar surface area (TPSA) is 21.1 Å². The molecule has 3 heteroatoms. The van der Waals surface area contributed by atoms with E-state index in [1.165, 1.54) is 16.7 Å². The van der Waals surface area contributed by atoms with Crippen LogP contribution in [-0.4, -0.2) is 21.7 Å². The van der Waals surface area contributed by atoms with Crippen molar-refractivity contribution in [3.63, 3.8) is 0 Å². The van der Waals surface area contributed by atoms with E-state index in [0.717, 1.165) is 12.2 Å². The van der Waals surface area contributed by atoms with Gasteiger partial charge in [-0.3, -0.25) is 4.90 Å². The van der Waals surface area contributed by atoms with Gasteiger partial charge >= 0.3 is 0 Å². The van der Waals surface area contributed by atoms with Crippen LogP contribution in [-0.2, 0) is 6.54 Å². The van der Waals surface area contributed by atoms with Crippen LogP contribution in [0.2, 0.25) is 0 Å². The van der Waals surface area contributed by atoms with Gasteiger partial charge in [-0.05, 0) is 44.2 Å². The highest BCUT2D eigenvalue weighted by atomic mass is 15.3. The van der Waals surface area contributed by atoms with Gasteiger partial charge in [0.05, 0.1) is 11.9 Å². The number of benzene rings is 2. The van der Waals surface area contributed by atoms with Crippen LogP contribution in [0.4, 0.5) is 0 Å². The van der Waals surface area contributed by atoms with Crippen LogP contribution in [0.25, 0.3) is 5.69 Å². The summed E-state index contributed by atoms with van der Waals surface area (Å²) < 4.78 is 1.93. The molecule has 3 rings (SSSR count). The van der Waals surface area contributed by atoms with Crippen LogP contribution in [0.5, 0.6) is 0 Å². The normalized spacial score (nSPS) is 12.5. The van der Waals surface area contributed by atoms with Crippen molar-refractivity contribution in [3.05, 3.63) is 83.7 Å². The summed E-state index contributed by atoms with van der Waals surface area (Å²) in [6, 6.07) is 19.2. The number of hydrogen-bond acceptors (Lipinski definition) is 2. The summed E-state index contributed by atoms with van der Waals surface area (Å²) in [5.41, 5.74) is 5.03. The van der Waals surface area contributed by atoms with E-state index in [9.17, 15) is 0 Å². The minimum atomic E-state index is 0.372. The fourth-order valence-electron chi connectivity index (χ4n) is 2.88. The lowest BCUT2D eigenvalue weighted by Gasteiger charge is -2.25. The Kier molecular flexibility index (Phi) is 4.58. The molecule has 0 aliphatic carbocycles. The average molecular weight is 305 g/mol. The molecular formula is C20H23N3. The second-order valence-electron chi connectivity index (χ2n) is 6.08. The highest BCUT2D eigenvalue weighted by molar-refractivity contribution is 5.31. The molecule has 0 fully saturated rings. The Morgan fingerprint density at radius 2 is 1.74 bits per heavy atom. The minimum absolute atomic E-state index is 0.372. The molecule has 23 heavy (non-hydrogen) atoms. The Bertz CT molecular complexity index is 761. The van der Waals surface area contributed by atoms with Crippen molar-refractivity contribution in [2.75, 3.05) is 7.05 Å². The molecule has 0 spiro atoms. The lowest BCUT2D eigenvalue weighted by Crippen LogP contribution is -2.22. The van der Waals surface area contributed by atoms with Gasteiger partial charge in [0.1, 0.15) is 0 Å². The monoisotopic (exact) mass is 305 g/mol. The van der Waals surface area contributed by atoms with Gasteiger partial charge in [-0.15, -0.1) is 0 Å². The highest BCUT2D eigenvalue weighted by Gasteiger charge is 2.14. The van der Waals surface area contributed by atoms with E-state index in [-0.39, 0.29) is 0 Å². The lowest BCUT2D eigenvalue weighted by molar-refractivity contribution is 0.252. The summed E-state index contributed by atoms with van der Waals surface area (Å²) in [7, 11) is 2.16. The first-order chi connectivity index (χ1) is 11.1. The van der Waals surface area contributed by atoms with E-state index in [1.54, 1.807) is 0 Å². The molecule has 1 heterocycles. The van der Waals surface area contributed by atoms with Crippen molar-refractivity contribution in [1.82, 2.24) is 14.7 Å². The van der Waals surface area contributed by atoms with Gasteiger partial charge < -0.3 is 0 Å². The van der Waals surface area contributed by atoms with Crippen LogP contribution in [0.3, 0.4) is 0 Å². The molecule has 0 saturated carbocycles. The largest absolute Gasteiger partial charge is 0.295 e. The predicted molar refractivity (Wildman–Crippen MR) is 94.6 cm³/mol. The van der Waals surface area contributed by atoms with Crippen LogP contribution in [0.1, 0.15) is 29.7 Å². The van der Waals surface area contributed by atoms with E-state index in [4.69, 9.17) is 0 Å². The zero-order chi connectivity index (χ0) is 16.2. The number of aromatic nitrogens is 2. The highest BCUT2D eigenvalue weighted by Crippen LogP contribution is 2.23. The van der Waals surface area contributed by atoms with E-state index < -0.39 is 0 Å². The molecule has 0 saturated heterocycles. The van der Waals surface area contributed by atoms with Crippen LogP contribution in [0.15, 0.2) is 67.0 Å². The maximum absolute atomic E-state index is 4.48. The second-order valence-corrected chi connectivity index (χ2v) is 6.08. The first-order valence-corrected chi connectivity index (χ1v) is 8.00. The van der Waals surface area contributed by atoms with Crippen LogP contribution >= 0.6 is 0 Å². The molecule has 0 bridgehead atoms. The maximum Gasteiger partial charge on any atom is 0.0645 e. The quantitative estimate of drug-likeness (QED) is 0.698. The van der Waals surface area contributed by atoms with Crippen LogP contribution in [0, 0.1) is 6.92 Å². The third-order valence-electron chi connectivity index (χ3n) is 4.39. The SMILES string of the molecule is Cc1ccccc1C(C)N(C)Cc1cnn(-c2ccccc2)c1. The molecule has 3 aromatic rings. The molecule has 0 N–H and O–H groups in total. The van der Waals surface area contributed by atoms with Gasteiger partial charge in [-0.25, -0.2) is 4.68 Å². The van der Waals surface area contributed by atoms with E-state index in [0.29, 0.717) is 6.04 Å². The summed E-state index contributed by atoms with van der Waals surface area (Å²) in [6.07, 6.45) is 4.06.